The summed E-state index contributed by atoms with van der Waals surface area (Å²) < 4.78 is 37.9. The van der Waals surface area contributed by atoms with Gasteiger partial charge in [0.25, 0.3) is 0 Å². The summed E-state index contributed by atoms with van der Waals surface area (Å²) in [4.78, 5) is 7.67. The molecule has 0 aliphatic carbocycles. The van der Waals surface area contributed by atoms with Crippen LogP contribution in [0.2, 0.25) is 0 Å². The first kappa shape index (κ1) is 15.9. The number of alkyl halides is 3. The van der Waals surface area contributed by atoms with Crippen LogP contribution in [-0.2, 0) is 6.18 Å². The Morgan fingerprint density at radius 1 is 1.32 bits per heavy atom. The van der Waals surface area contributed by atoms with E-state index in [9.17, 15) is 13.2 Å². The molecule has 0 aromatic carbocycles. The van der Waals surface area contributed by atoms with Gasteiger partial charge in [0.15, 0.2) is 0 Å². The van der Waals surface area contributed by atoms with Gasteiger partial charge in [0.05, 0.1) is 0 Å². The van der Waals surface area contributed by atoms with Crippen LogP contribution in [0.1, 0.15) is 51.0 Å². The summed E-state index contributed by atoms with van der Waals surface area (Å²) in [6.45, 7) is 6.75. The number of nitrogens with one attached hydrogen (secondary N) is 1. The molecular weight excluding hydrogens is 255 g/mol. The Morgan fingerprint density at radius 3 is 2.53 bits per heavy atom. The zero-order valence-electron chi connectivity index (χ0n) is 11.5. The van der Waals surface area contributed by atoms with Crippen LogP contribution in [0.4, 0.5) is 13.2 Å². The highest BCUT2D eigenvalue weighted by Crippen LogP contribution is 2.29. The van der Waals surface area contributed by atoms with E-state index in [1.165, 1.54) is 6.20 Å². The minimum absolute atomic E-state index is 0.0495. The third-order valence-corrected chi connectivity index (χ3v) is 3.06. The molecule has 108 valence electrons. The highest BCUT2D eigenvalue weighted by molar-refractivity contribution is 5.10. The van der Waals surface area contributed by atoms with Crippen molar-refractivity contribution in [2.24, 2.45) is 0 Å². The van der Waals surface area contributed by atoms with Crippen LogP contribution in [0.25, 0.3) is 0 Å². The number of hydrogen-bond donors (Lipinski definition) is 1. The van der Waals surface area contributed by atoms with Crippen molar-refractivity contribution in [1.29, 1.82) is 0 Å². The Labute approximate surface area is 111 Å². The van der Waals surface area contributed by atoms with Gasteiger partial charge in [-0.1, -0.05) is 13.8 Å². The third-order valence-electron chi connectivity index (χ3n) is 3.06. The summed E-state index contributed by atoms with van der Waals surface area (Å²) in [6, 6.07) is 0.953. The van der Waals surface area contributed by atoms with Crippen molar-refractivity contribution in [2.45, 2.75) is 51.7 Å². The van der Waals surface area contributed by atoms with Crippen molar-refractivity contribution >= 4 is 0 Å². The Morgan fingerprint density at radius 2 is 2.00 bits per heavy atom. The molecule has 0 bridgehead atoms. The molecule has 2 atom stereocenters. The maximum Gasteiger partial charge on any atom is 0.433 e. The SMILES string of the molecule is CCCNC(C)C(CC)c1nccc(C(F)(F)F)n1. The first-order chi connectivity index (χ1) is 8.90. The van der Waals surface area contributed by atoms with E-state index in [0.717, 1.165) is 19.0 Å². The predicted molar refractivity (Wildman–Crippen MR) is 67.8 cm³/mol. The maximum atomic E-state index is 12.6. The fourth-order valence-corrected chi connectivity index (χ4v) is 1.98. The monoisotopic (exact) mass is 275 g/mol. The van der Waals surface area contributed by atoms with Crippen molar-refractivity contribution in [3.63, 3.8) is 0 Å². The van der Waals surface area contributed by atoms with Crippen molar-refractivity contribution in [1.82, 2.24) is 15.3 Å². The summed E-state index contributed by atoms with van der Waals surface area (Å²) >= 11 is 0. The standard InChI is InChI=1S/C13H20F3N3/c1-4-7-17-9(3)10(5-2)12-18-8-6-11(19-12)13(14,15)16/h6,8-10,17H,4-5,7H2,1-3H3. The van der Waals surface area contributed by atoms with E-state index < -0.39 is 11.9 Å². The highest BCUT2D eigenvalue weighted by atomic mass is 19.4. The molecule has 0 radical (unpaired) electrons. The molecule has 0 aliphatic heterocycles. The van der Waals surface area contributed by atoms with Gasteiger partial charge in [-0.05, 0) is 32.4 Å². The van der Waals surface area contributed by atoms with Gasteiger partial charge in [-0.2, -0.15) is 13.2 Å². The molecule has 0 fully saturated rings. The molecule has 1 heterocycles. The van der Waals surface area contributed by atoms with Crippen molar-refractivity contribution in [3.05, 3.63) is 23.8 Å². The Hall–Kier alpha value is -1.17. The molecule has 0 saturated heterocycles. The summed E-state index contributed by atoms with van der Waals surface area (Å²) in [5.41, 5.74) is -0.876. The number of nitrogens with zero attached hydrogens (tertiary/aromatic N) is 2. The number of halogens is 3. The van der Waals surface area contributed by atoms with Crippen LogP contribution in [0.15, 0.2) is 12.3 Å². The minimum Gasteiger partial charge on any atom is -0.314 e. The van der Waals surface area contributed by atoms with Crippen LogP contribution >= 0.6 is 0 Å². The number of aromatic nitrogens is 2. The van der Waals surface area contributed by atoms with Gasteiger partial charge in [0.2, 0.25) is 0 Å². The molecule has 0 saturated carbocycles. The van der Waals surface area contributed by atoms with E-state index in [2.05, 4.69) is 15.3 Å². The fourth-order valence-electron chi connectivity index (χ4n) is 1.98. The lowest BCUT2D eigenvalue weighted by Crippen LogP contribution is -2.33. The lowest BCUT2D eigenvalue weighted by molar-refractivity contribution is -0.141. The zero-order valence-corrected chi connectivity index (χ0v) is 11.5. The Balaban J connectivity index is 2.92. The van der Waals surface area contributed by atoms with Crippen LogP contribution in [0.5, 0.6) is 0 Å². The van der Waals surface area contributed by atoms with E-state index >= 15 is 0 Å². The largest absolute Gasteiger partial charge is 0.433 e. The highest BCUT2D eigenvalue weighted by Gasteiger charge is 2.33. The first-order valence-corrected chi connectivity index (χ1v) is 6.53. The van der Waals surface area contributed by atoms with Gasteiger partial charge >= 0.3 is 6.18 Å². The molecule has 0 aliphatic rings. The van der Waals surface area contributed by atoms with Crippen LogP contribution in [0, 0.1) is 0 Å². The van der Waals surface area contributed by atoms with Crippen LogP contribution in [0.3, 0.4) is 0 Å². The van der Waals surface area contributed by atoms with Gasteiger partial charge in [-0.15, -0.1) is 0 Å². The average Bonchev–Trinajstić information content (AvgIpc) is 2.36. The first-order valence-electron chi connectivity index (χ1n) is 6.53. The van der Waals surface area contributed by atoms with E-state index in [4.69, 9.17) is 0 Å². The van der Waals surface area contributed by atoms with Gasteiger partial charge < -0.3 is 5.32 Å². The van der Waals surface area contributed by atoms with Crippen LogP contribution in [-0.4, -0.2) is 22.6 Å². The predicted octanol–water partition coefficient (Wildman–Crippen LogP) is 3.38. The molecule has 19 heavy (non-hydrogen) atoms. The maximum absolute atomic E-state index is 12.6. The smallest absolute Gasteiger partial charge is 0.314 e. The summed E-state index contributed by atoms with van der Waals surface area (Å²) in [7, 11) is 0. The topological polar surface area (TPSA) is 37.8 Å². The van der Waals surface area contributed by atoms with E-state index in [1.807, 2.05) is 20.8 Å². The molecule has 2 unspecified atom stereocenters. The third kappa shape index (κ3) is 4.45. The quantitative estimate of drug-likeness (QED) is 0.865. The molecule has 1 aromatic rings. The van der Waals surface area contributed by atoms with Gasteiger partial charge in [0, 0.05) is 18.2 Å². The zero-order chi connectivity index (χ0) is 14.5. The van der Waals surface area contributed by atoms with Crippen molar-refractivity contribution in [3.8, 4) is 0 Å². The molecular formula is C13H20F3N3. The number of rotatable bonds is 6. The molecule has 0 spiro atoms. The van der Waals surface area contributed by atoms with E-state index in [-0.39, 0.29) is 17.8 Å². The molecule has 1 N–H and O–H groups in total. The lowest BCUT2D eigenvalue weighted by atomic mass is 9.97. The molecule has 1 rings (SSSR count). The lowest BCUT2D eigenvalue weighted by Gasteiger charge is -2.23. The van der Waals surface area contributed by atoms with Gasteiger partial charge in [-0.3, -0.25) is 0 Å². The normalized spacial score (nSPS) is 15.3. The average molecular weight is 275 g/mol. The molecule has 0 amide bonds. The second kappa shape index (κ2) is 6.84. The summed E-state index contributed by atoms with van der Waals surface area (Å²) in [5.74, 6) is 0.141. The summed E-state index contributed by atoms with van der Waals surface area (Å²) in [6.07, 6.45) is -1.57. The fraction of sp³-hybridized carbons (Fsp3) is 0.692. The van der Waals surface area contributed by atoms with Crippen molar-refractivity contribution in [2.75, 3.05) is 6.54 Å². The molecule has 3 nitrogen and oxygen atoms in total. The van der Waals surface area contributed by atoms with E-state index in [0.29, 0.717) is 6.42 Å². The number of hydrogen-bond acceptors (Lipinski definition) is 3. The molecule has 6 heteroatoms. The second-order valence-electron chi connectivity index (χ2n) is 4.56. The van der Waals surface area contributed by atoms with Gasteiger partial charge in [0.1, 0.15) is 11.5 Å². The second-order valence-corrected chi connectivity index (χ2v) is 4.56. The van der Waals surface area contributed by atoms with Gasteiger partial charge in [-0.25, -0.2) is 9.97 Å². The Kier molecular flexibility index (Phi) is 5.72. The Bertz CT molecular complexity index is 393. The van der Waals surface area contributed by atoms with Crippen molar-refractivity contribution < 1.29 is 13.2 Å². The van der Waals surface area contributed by atoms with E-state index in [1.54, 1.807) is 0 Å². The van der Waals surface area contributed by atoms with Crippen LogP contribution < -0.4 is 5.32 Å². The summed E-state index contributed by atoms with van der Waals surface area (Å²) in [5, 5.41) is 3.28. The molecule has 1 aromatic heterocycles. The minimum atomic E-state index is -4.42.